The van der Waals surface area contributed by atoms with Crippen molar-refractivity contribution >= 4 is 18.4 Å². The van der Waals surface area contributed by atoms with Crippen molar-refractivity contribution in [2.24, 2.45) is 0 Å². The van der Waals surface area contributed by atoms with Gasteiger partial charge in [0.25, 0.3) is 0 Å². The lowest BCUT2D eigenvalue weighted by Gasteiger charge is -2.19. The van der Waals surface area contributed by atoms with Crippen LogP contribution >= 0.6 is 7.60 Å². The van der Waals surface area contributed by atoms with Gasteiger partial charge in [0.2, 0.25) is 0 Å². The molecule has 3 nitrogen and oxygen atoms in total. The molecule has 2 aromatic carbocycles. The zero-order chi connectivity index (χ0) is 16.5. The molecule has 0 amide bonds. The molecule has 2 aromatic rings. The van der Waals surface area contributed by atoms with Gasteiger partial charge in [-0.05, 0) is 29.2 Å². The Hall–Kier alpha value is -1.15. The van der Waals surface area contributed by atoms with Gasteiger partial charge >= 0.3 is 7.60 Å². The highest BCUT2D eigenvalue weighted by atomic mass is 31.2. The average Bonchev–Trinajstić information content (AvgIpc) is 2.55. The van der Waals surface area contributed by atoms with Crippen molar-refractivity contribution in [1.29, 1.82) is 0 Å². The third-order valence-electron chi connectivity index (χ3n) is 3.76. The topological polar surface area (TPSA) is 35.5 Å². The van der Waals surface area contributed by atoms with Gasteiger partial charge in [-0.1, -0.05) is 69.2 Å². The predicted octanol–water partition coefficient (Wildman–Crippen LogP) is 6.17. The van der Waals surface area contributed by atoms with E-state index >= 15 is 0 Å². The van der Waals surface area contributed by atoms with Gasteiger partial charge in [0.15, 0.2) is 0 Å². The standard InChI is InChI=1S/C19H27O3P/c1-3-5-13-21-23(20,22-14-6-4-2)16-17-11-12-18-9-7-8-10-19(18)15-17/h7-12,15H,3-6,13-14,16H2,1-2H3. The fraction of sp³-hybridized carbons (Fsp3) is 0.474. The Morgan fingerprint density at radius 1 is 0.870 bits per heavy atom. The first-order chi connectivity index (χ1) is 11.2. The number of fused-ring (bicyclic) bond motifs is 1. The van der Waals surface area contributed by atoms with Crippen LogP contribution in [0.2, 0.25) is 0 Å². The smallest absolute Gasteiger partial charge is 0.308 e. The molecule has 4 heteroatoms. The second kappa shape index (κ2) is 9.22. The van der Waals surface area contributed by atoms with E-state index in [0.717, 1.165) is 36.6 Å². The monoisotopic (exact) mass is 334 g/mol. The normalized spacial score (nSPS) is 11.9. The highest BCUT2D eigenvalue weighted by Gasteiger charge is 2.25. The van der Waals surface area contributed by atoms with E-state index in [-0.39, 0.29) is 0 Å². The van der Waals surface area contributed by atoms with E-state index in [2.05, 4.69) is 38.1 Å². The minimum absolute atomic E-state index is 0.339. The predicted molar refractivity (Wildman–Crippen MR) is 97.0 cm³/mol. The first-order valence-electron chi connectivity index (χ1n) is 8.52. The summed E-state index contributed by atoms with van der Waals surface area (Å²) < 4.78 is 24.4. The lowest BCUT2D eigenvalue weighted by atomic mass is 10.1. The minimum Gasteiger partial charge on any atom is -0.308 e. The summed E-state index contributed by atoms with van der Waals surface area (Å²) in [6.45, 7) is 5.17. The van der Waals surface area contributed by atoms with Crippen molar-refractivity contribution in [1.82, 2.24) is 0 Å². The number of benzene rings is 2. The second-order valence-electron chi connectivity index (χ2n) is 5.82. The van der Waals surface area contributed by atoms with E-state index in [4.69, 9.17) is 9.05 Å². The van der Waals surface area contributed by atoms with Crippen LogP contribution in [0.1, 0.15) is 45.1 Å². The first kappa shape index (κ1) is 18.2. The van der Waals surface area contributed by atoms with E-state index in [1.807, 2.05) is 18.2 Å². The molecule has 0 fully saturated rings. The Morgan fingerprint density at radius 2 is 1.48 bits per heavy atom. The van der Waals surface area contributed by atoms with Gasteiger partial charge in [0.05, 0.1) is 19.4 Å². The van der Waals surface area contributed by atoms with Crippen LogP contribution in [0.3, 0.4) is 0 Å². The molecule has 0 aliphatic heterocycles. The molecule has 2 rings (SSSR count). The van der Waals surface area contributed by atoms with Crippen LogP contribution in [-0.4, -0.2) is 13.2 Å². The van der Waals surface area contributed by atoms with Gasteiger partial charge in [-0.15, -0.1) is 0 Å². The molecule has 0 radical (unpaired) electrons. The van der Waals surface area contributed by atoms with Crippen molar-refractivity contribution in [2.75, 3.05) is 13.2 Å². The van der Waals surface area contributed by atoms with Crippen LogP contribution in [0.25, 0.3) is 10.8 Å². The van der Waals surface area contributed by atoms with E-state index in [1.165, 1.54) is 5.39 Å². The Balaban J connectivity index is 2.11. The number of hydrogen-bond acceptors (Lipinski definition) is 3. The van der Waals surface area contributed by atoms with Crippen molar-refractivity contribution in [3.8, 4) is 0 Å². The van der Waals surface area contributed by atoms with Gasteiger partial charge in [-0.3, -0.25) is 4.57 Å². The fourth-order valence-electron chi connectivity index (χ4n) is 2.39. The zero-order valence-corrected chi connectivity index (χ0v) is 15.1. The molecule has 0 unspecified atom stereocenters. The summed E-state index contributed by atoms with van der Waals surface area (Å²) in [5.74, 6) is 0. The van der Waals surface area contributed by atoms with E-state index < -0.39 is 7.60 Å². The molecule has 0 aromatic heterocycles. The first-order valence-corrected chi connectivity index (χ1v) is 10.3. The summed E-state index contributed by atoms with van der Waals surface area (Å²) in [5, 5.41) is 2.34. The summed E-state index contributed by atoms with van der Waals surface area (Å²) in [6.07, 6.45) is 4.18. The average molecular weight is 334 g/mol. The fourth-order valence-corrected chi connectivity index (χ4v) is 4.10. The molecule has 0 aliphatic carbocycles. The van der Waals surface area contributed by atoms with Crippen molar-refractivity contribution in [2.45, 2.75) is 45.7 Å². The lowest BCUT2D eigenvalue weighted by Crippen LogP contribution is -2.02. The van der Waals surface area contributed by atoms with Gasteiger partial charge < -0.3 is 9.05 Å². The molecule has 0 saturated carbocycles. The molecule has 0 saturated heterocycles. The van der Waals surface area contributed by atoms with Gasteiger partial charge in [0, 0.05) is 0 Å². The SMILES string of the molecule is CCCCOP(=O)(Cc1ccc2ccccc2c1)OCCCC. The number of rotatable bonds is 10. The molecular weight excluding hydrogens is 307 g/mol. The van der Waals surface area contributed by atoms with Crippen molar-refractivity contribution in [3.63, 3.8) is 0 Å². The van der Waals surface area contributed by atoms with E-state index in [9.17, 15) is 4.57 Å². The summed E-state index contributed by atoms with van der Waals surface area (Å²) in [5.41, 5.74) is 1.00. The van der Waals surface area contributed by atoms with E-state index in [0.29, 0.717) is 19.4 Å². The van der Waals surface area contributed by atoms with E-state index in [1.54, 1.807) is 0 Å². The molecule has 126 valence electrons. The Morgan fingerprint density at radius 3 is 2.09 bits per heavy atom. The lowest BCUT2D eigenvalue weighted by molar-refractivity contribution is 0.199. The van der Waals surface area contributed by atoms with Crippen LogP contribution in [0, 0.1) is 0 Å². The number of unbranched alkanes of at least 4 members (excludes halogenated alkanes) is 2. The molecule has 0 atom stereocenters. The highest BCUT2D eigenvalue weighted by Crippen LogP contribution is 2.51. The van der Waals surface area contributed by atoms with Crippen LogP contribution in [0.5, 0.6) is 0 Å². The number of hydrogen-bond donors (Lipinski definition) is 0. The molecule has 0 aliphatic rings. The van der Waals surface area contributed by atoms with Crippen molar-refractivity contribution in [3.05, 3.63) is 48.0 Å². The Bertz CT molecular complexity index is 640. The van der Waals surface area contributed by atoms with Crippen LogP contribution < -0.4 is 0 Å². The summed E-state index contributed by atoms with van der Waals surface area (Å²) in [7, 11) is -3.08. The molecule has 0 bridgehead atoms. The molecule has 23 heavy (non-hydrogen) atoms. The maximum Gasteiger partial charge on any atom is 0.335 e. The third kappa shape index (κ3) is 5.76. The summed E-state index contributed by atoms with van der Waals surface area (Å²) in [4.78, 5) is 0. The third-order valence-corrected chi connectivity index (χ3v) is 5.67. The highest BCUT2D eigenvalue weighted by molar-refractivity contribution is 7.53. The second-order valence-corrected chi connectivity index (χ2v) is 7.88. The molecular formula is C19H27O3P. The van der Waals surface area contributed by atoms with Crippen LogP contribution in [-0.2, 0) is 19.8 Å². The van der Waals surface area contributed by atoms with Gasteiger partial charge in [-0.2, -0.15) is 0 Å². The van der Waals surface area contributed by atoms with Crippen LogP contribution in [0.15, 0.2) is 42.5 Å². The quantitative estimate of drug-likeness (QED) is 0.385. The molecule has 0 N–H and O–H groups in total. The maximum atomic E-state index is 13.0. The Labute approximate surface area is 139 Å². The Kier molecular flexibility index (Phi) is 7.29. The molecule has 0 heterocycles. The van der Waals surface area contributed by atoms with Crippen LogP contribution in [0.4, 0.5) is 0 Å². The summed E-state index contributed by atoms with van der Waals surface area (Å²) in [6, 6.07) is 14.3. The summed E-state index contributed by atoms with van der Waals surface area (Å²) >= 11 is 0. The zero-order valence-electron chi connectivity index (χ0n) is 14.2. The minimum atomic E-state index is -3.08. The molecule has 0 spiro atoms. The largest absolute Gasteiger partial charge is 0.335 e. The van der Waals surface area contributed by atoms with Gasteiger partial charge in [-0.25, -0.2) is 0 Å². The van der Waals surface area contributed by atoms with Crippen molar-refractivity contribution < 1.29 is 13.6 Å². The van der Waals surface area contributed by atoms with Gasteiger partial charge in [0.1, 0.15) is 0 Å². The maximum absolute atomic E-state index is 13.0.